The van der Waals surface area contributed by atoms with Gasteiger partial charge >= 0.3 is 0 Å². The molecule has 1 aromatic carbocycles. The maximum Gasteiger partial charge on any atom is 0.274 e. The van der Waals surface area contributed by atoms with Crippen molar-refractivity contribution in [1.29, 1.82) is 0 Å². The summed E-state index contributed by atoms with van der Waals surface area (Å²) in [6.45, 7) is 1.79. The predicted octanol–water partition coefficient (Wildman–Crippen LogP) is 1.62. The van der Waals surface area contributed by atoms with E-state index in [-0.39, 0.29) is 24.4 Å². The van der Waals surface area contributed by atoms with Gasteiger partial charge in [0.05, 0.1) is 12.1 Å². The average Bonchev–Trinajstić information content (AvgIpc) is 3.06. The Kier molecular flexibility index (Phi) is 5.91. The fourth-order valence-corrected chi connectivity index (χ4v) is 4.44. The van der Waals surface area contributed by atoms with Crippen LogP contribution in [0.2, 0.25) is 0 Å². The fourth-order valence-electron chi connectivity index (χ4n) is 4.44. The molecular weight excluding hydrogens is 443 g/mol. The number of nitrogens with zero attached hydrogens (tertiary/aromatic N) is 2. The molecule has 0 fully saturated rings. The van der Waals surface area contributed by atoms with Gasteiger partial charge < -0.3 is 25.0 Å². The molecule has 2 atom stereocenters. The van der Waals surface area contributed by atoms with Crippen LogP contribution >= 0.6 is 0 Å². The van der Waals surface area contributed by atoms with Crippen LogP contribution in [0.25, 0.3) is 0 Å². The number of carbonyl (C=O) groups is 2. The van der Waals surface area contributed by atoms with E-state index in [1.165, 1.54) is 9.47 Å². The number of nitrogens with one attached hydrogen (secondary N) is 1. The molecule has 33 heavy (non-hydrogen) atoms. The molecule has 3 N–H and O–H groups in total. The number of aliphatic hydroxyl groups is 1. The number of benzene rings is 1. The molecule has 2 unspecified atom stereocenters. The van der Waals surface area contributed by atoms with Crippen molar-refractivity contribution in [2.24, 2.45) is 0 Å². The molecule has 11 heteroatoms. The van der Waals surface area contributed by atoms with Crippen LogP contribution in [0.3, 0.4) is 0 Å². The summed E-state index contributed by atoms with van der Waals surface area (Å²) in [5, 5.41) is 23.3. The average molecular weight is 465 g/mol. The van der Waals surface area contributed by atoms with Crippen molar-refractivity contribution < 1.29 is 33.0 Å². The number of rotatable bonds is 6. The Balaban J connectivity index is 1.71. The van der Waals surface area contributed by atoms with Crippen molar-refractivity contribution in [1.82, 2.24) is 14.8 Å². The first-order valence-electron chi connectivity index (χ1n) is 10.5. The number of amides is 2. The standard InChI is InChI=1S/C22H22F3N3O5/c1-2-3-4-27-9-15-16(29)7-14-17(19(30)20(31)18(22(27)33)28(14)15)21(32)26-8-11-12(24)5-10(23)6-13(11)25/h5-6,15-16,29,31H,2-4,7-9H2,1H3,(H,26,32). The van der Waals surface area contributed by atoms with Gasteiger partial charge in [0.15, 0.2) is 11.4 Å². The van der Waals surface area contributed by atoms with Crippen LogP contribution in [-0.2, 0) is 13.0 Å². The molecule has 0 saturated heterocycles. The van der Waals surface area contributed by atoms with Crippen LogP contribution in [0.5, 0.6) is 5.75 Å². The molecule has 3 heterocycles. The van der Waals surface area contributed by atoms with Crippen molar-refractivity contribution in [3.8, 4) is 5.75 Å². The van der Waals surface area contributed by atoms with Gasteiger partial charge in [0.1, 0.15) is 23.0 Å². The largest absolute Gasteiger partial charge is 0.503 e. The molecule has 2 aliphatic rings. The summed E-state index contributed by atoms with van der Waals surface area (Å²) >= 11 is 0. The lowest BCUT2D eigenvalue weighted by Crippen LogP contribution is -2.46. The zero-order valence-electron chi connectivity index (χ0n) is 17.7. The van der Waals surface area contributed by atoms with Crippen LogP contribution < -0.4 is 10.7 Å². The van der Waals surface area contributed by atoms with Crippen LogP contribution in [0, 0.1) is 17.5 Å². The Hall–Kier alpha value is -3.34. The molecule has 0 aliphatic carbocycles. The number of unbranched alkanes of at least 4 members (excludes halogenated alkanes) is 1. The number of hydrogen-bond acceptors (Lipinski definition) is 5. The van der Waals surface area contributed by atoms with Gasteiger partial charge in [-0.2, -0.15) is 0 Å². The summed E-state index contributed by atoms with van der Waals surface area (Å²) in [7, 11) is 0. The van der Waals surface area contributed by atoms with Crippen LogP contribution in [-0.4, -0.2) is 50.7 Å². The third-order valence-corrected chi connectivity index (χ3v) is 6.10. The SMILES string of the molecule is CCCCN1CC2C(O)Cc3c(C(=O)NCc4c(F)cc(F)cc4F)c(=O)c(O)c(n32)C1=O. The van der Waals surface area contributed by atoms with Gasteiger partial charge in [0.25, 0.3) is 11.8 Å². The Bertz CT molecular complexity index is 1190. The van der Waals surface area contributed by atoms with Crippen molar-refractivity contribution >= 4 is 11.8 Å². The number of pyridine rings is 1. The first-order chi connectivity index (χ1) is 15.6. The quantitative estimate of drug-likeness (QED) is 0.600. The topological polar surface area (TPSA) is 112 Å². The highest BCUT2D eigenvalue weighted by Crippen LogP contribution is 2.37. The second kappa shape index (κ2) is 8.54. The molecule has 2 aliphatic heterocycles. The Morgan fingerprint density at radius 1 is 1.21 bits per heavy atom. The smallest absolute Gasteiger partial charge is 0.274 e. The first kappa shape index (κ1) is 22.8. The Morgan fingerprint density at radius 3 is 2.52 bits per heavy atom. The second-order valence-electron chi connectivity index (χ2n) is 8.19. The second-order valence-corrected chi connectivity index (χ2v) is 8.19. The van der Waals surface area contributed by atoms with E-state index in [1.54, 1.807) is 0 Å². The normalized spacial score (nSPS) is 19.1. The summed E-state index contributed by atoms with van der Waals surface area (Å²) in [5.41, 5.74) is -2.47. The highest BCUT2D eigenvalue weighted by molar-refractivity contribution is 6.00. The molecule has 4 rings (SSSR count). The number of aliphatic hydroxyl groups excluding tert-OH is 1. The van der Waals surface area contributed by atoms with Gasteiger partial charge in [-0.05, 0) is 6.42 Å². The lowest BCUT2D eigenvalue weighted by atomic mass is 10.1. The summed E-state index contributed by atoms with van der Waals surface area (Å²) in [6.07, 6.45) is 0.379. The van der Waals surface area contributed by atoms with Crippen LogP contribution in [0.1, 0.15) is 57.9 Å². The van der Waals surface area contributed by atoms with Gasteiger partial charge in [-0.15, -0.1) is 0 Å². The van der Waals surface area contributed by atoms with Crippen molar-refractivity contribution in [3.63, 3.8) is 0 Å². The van der Waals surface area contributed by atoms with E-state index >= 15 is 0 Å². The van der Waals surface area contributed by atoms with Gasteiger partial charge in [-0.3, -0.25) is 14.4 Å². The molecule has 176 valence electrons. The minimum absolute atomic E-state index is 0.0614. The zero-order chi connectivity index (χ0) is 24.0. The maximum absolute atomic E-state index is 13.9. The lowest BCUT2D eigenvalue weighted by molar-refractivity contribution is 0.0543. The molecule has 2 amide bonds. The molecule has 1 aromatic heterocycles. The molecule has 2 aromatic rings. The third kappa shape index (κ3) is 3.75. The first-order valence-corrected chi connectivity index (χ1v) is 10.5. The van der Waals surface area contributed by atoms with Crippen molar-refractivity contribution in [2.45, 2.75) is 44.9 Å². The molecule has 8 nitrogen and oxygen atoms in total. The molecule has 0 bridgehead atoms. The van der Waals surface area contributed by atoms with E-state index < -0.39 is 70.3 Å². The maximum atomic E-state index is 13.9. The minimum Gasteiger partial charge on any atom is -0.503 e. The predicted molar refractivity (Wildman–Crippen MR) is 109 cm³/mol. The van der Waals surface area contributed by atoms with Crippen LogP contribution in [0.4, 0.5) is 13.2 Å². The molecule has 0 radical (unpaired) electrons. The summed E-state index contributed by atoms with van der Waals surface area (Å²) in [6, 6.07) is 0.260. The molecule has 0 saturated carbocycles. The Labute approximate surface area is 186 Å². The summed E-state index contributed by atoms with van der Waals surface area (Å²) < 4.78 is 42.2. The van der Waals surface area contributed by atoms with Crippen molar-refractivity contribution in [3.05, 3.63) is 62.3 Å². The van der Waals surface area contributed by atoms with E-state index in [1.807, 2.05) is 6.92 Å². The van der Waals surface area contributed by atoms with E-state index in [4.69, 9.17) is 0 Å². The number of aromatic nitrogens is 1. The fraction of sp³-hybridized carbons (Fsp3) is 0.409. The van der Waals surface area contributed by atoms with E-state index in [0.29, 0.717) is 25.1 Å². The summed E-state index contributed by atoms with van der Waals surface area (Å²) in [4.78, 5) is 40.1. The van der Waals surface area contributed by atoms with Gasteiger partial charge in [-0.25, -0.2) is 13.2 Å². The van der Waals surface area contributed by atoms with E-state index in [9.17, 15) is 37.8 Å². The Morgan fingerprint density at radius 2 is 1.88 bits per heavy atom. The molecular formula is C22H22F3N3O5. The lowest BCUT2D eigenvalue weighted by Gasteiger charge is -2.35. The number of hydrogen-bond donors (Lipinski definition) is 3. The van der Waals surface area contributed by atoms with E-state index in [0.717, 1.165) is 6.42 Å². The van der Waals surface area contributed by atoms with Crippen molar-refractivity contribution in [2.75, 3.05) is 13.1 Å². The molecule has 0 spiro atoms. The zero-order valence-corrected chi connectivity index (χ0v) is 17.7. The highest BCUT2D eigenvalue weighted by atomic mass is 19.1. The van der Waals surface area contributed by atoms with Crippen LogP contribution in [0.15, 0.2) is 16.9 Å². The van der Waals surface area contributed by atoms with E-state index in [2.05, 4.69) is 5.32 Å². The third-order valence-electron chi connectivity index (χ3n) is 6.10. The highest BCUT2D eigenvalue weighted by Gasteiger charge is 2.45. The monoisotopic (exact) mass is 465 g/mol. The summed E-state index contributed by atoms with van der Waals surface area (Å²) in [5.74, 6) is -6.09. The number of halogens is 3. The van der Waals surface area contributed by atoms with Gasteiger partial charge in [0.2, 0.25) is 5.43 Å². The minimum atomic E-state index is -1.21. The van der Waals surface area contributed by atoms with Gasteiger partial charge in [-0.1, -0.05) is 13.3 Å². The van der Waals surface area contributed by atoms with Gasteiger partial charge in [0, 0.05) is 49.4 Å². The number of carbonyl (C=O) groups excluding carboxylic acids is 2. The number of aromatic hydroxyl groups is 1.